The van der Waals surface area contributed by atoms with Crippen LogP contribution in [0.25, 0.3) is 0 Å². The van der Waals surface area contributed by atoms with Crippen LogP contribution in [0, 0.1) is 5.82 Å². The van der Waals surface area contributed by atoms with E-state index in [1.54, 1.807) is 17.0 Å². The van der Waals surface area contributed by atoms with Crippen LogP contribution in [-0.2, 0) is 27.7 Å². The number of nitrogens with one attached hydrogen (secondary N) is 1. The van der Waals surface area contributed by atoms with E-state index in [0.717, 1.165) is 11.1 Å². The Morgan fingerprint density at radius 2 is 1.59 bits per heavy atom. The van der Waals surface area contributed by atoms with Gasteiger partial charge in [-0.1, -0.05) is 42.5 Å². The van der Waals surface area contributed by atoms with Crippen molar-refractivity contribution in [2.75, 3.05) is 25.4 Å². The molecule has 0 aliphatic heterocycles. The van der Waals surface area contributed by atoms with E-state index in [0.29, 0.717) is 25.9 Å². The summed E-state index contributed by atoms with van der Waals surface area (Å²) < 4.78 is 39.7. The summed E-state index contributed by atoms with van der Waals surface area (Å²) >= 11 is 0. The standard InChI is InChI=1S/C20H25FN2O3S/c1-17(24)23(14-11-19-7-9-20(21)10-8-19)15-13-22-27(25,26)16-12-18-5-3-2-4-6-18/h2-10,22H,11-16H2,1H3. The second kappa shape index (κ2) is 10.2. The largest absolute Gasteiger partial charge is 0.341 e. The first-order valence-electron chi connectivity index (χ1n) is 8.87. The molecule has 5 nitrogen and oxygen atoms in total. The van der Waals surface area contributed by atoms with Crippen molar-refractivity contribution in [1.82, 2.24) is 9.62 Å². The van der Waals surface area contributed by atoms with Gasteiger partial charge in [0.25, 0.3) is 0 Å². The number of hydrogen-bond acceptors (Lipinski definition) is 3. The Morgan fingerprint density at radius 3 is 2.22 bits per heavy atom. The van der Waals surface area contributed by atoms with Crippen molar-refractivity contribution < 1.29 is 17.6 Å². The summed E-state index contributed by atoms with van der Waals surface area (Å²) in [7, 11) is -3.40. The van der Waals surface area contributed by atoms with E-state index in [4.69, 9.17) is 0 Å². The fraction of sp³-hybridized carbons (Fsp3) is 0.350. The Balaban J connectivity index is 1.77. The molecule has 146 valence electrons. The second-order valence-electron chi connectivity index (χ2n) is 6.33. The van der Waals surface area contributed by atoms with Gasteiger partial charge in [0.15, 0.2) is 0 Å². The van der Waals surface area contributed by atoms with Crippen LogP contribution in [0.5, 0.6) is 0 Å². The molecule has 0 aliphatic rings. The van der Waals surface area contributed by atoms with E-state index in [1.807, 2.05) is 30.3 Å². The molecule has 0 aliphatic carbocycles. The molecule has 0 spiro atoms. The lowest BCUT2D eigenvalue weighted by atomic mass is 10.1. The predicted molar refractivity (Wildman–Crippen MR) is 104 cm³/mol. The molecule has 1 amide bonds. The molecule has 0 saturated carbocycles. The number of halogens is 1. The Bertz CT molecular complexity index is 824. The van der Waals surface area contributed by atoms with Crippen LogP contribution < -0.4 is 4.72 Å². The molecule has 0 bridgehead atoms. The van der Waals surface area contributed by atoms with E-state index >= 15 is 0 Å². The van der Waals surface area contributed by atoms with E-state index in [1.165, 1.54) is 19.1 Å². The molecule has 0 fully saturated rings. The number of carbonyl (C=O) groups excluding carboxylic acids is 1. The molecule has 0 unspecified atom stereocenters. The summed E-state index contributed by atoms with van der Waals surface area (Å²) in [5.74, 6) is -0.417. The first-order chi connectivity index (χ1) is 12.9. The molecule has 7 heteroatoms. The zero-order valence-electron chi connectivity index (χ0n) is 15.4. The number of hydrogen-bond donors (Lipinski definition) is 1. The van der Waals surface area contributed by atoms with E-state index in [-0.39, 0.29) is 24.0 Å². The topological polar surface area (TPSA) is 66.5 Å². The highest BCUT2D eigenvalue weighted by molar-refractivity contribution is 7.89. The van der Waals surface area contributed by atoms with Gasteiger partial charge in [-0.2, -0.15) is 0 Å². The number of carbonyl (C=O) groups is 1. The Labute approximate surface area is 160 Å². The molecule has 27 heavy (non-hydrogen) atoms. The van der Waals surface area contributed by atoms with Crippen molar-refractivity contribution in [3.8, 4) is 0 Å². The molecule has 2 aromatic carbocycles. The normalized spacial score (nSPS) is 11.3. The predicted octanol–water partition coefficient (Wildman–Crippen LogP) is 2.38. The summed E-state index contributed by atoms with van der Waals surface area (Å²) in [5.41, 5.74) is 1.89. The van der Waals surface area contributed by atoms with Gasteiger partial charge >= 0.3 is 0 Å². The fourth-order valence-electron chi connectivity index (χ4n) is 2.65. The maximum Gasteiger partial charge on any atom is 0.219 e. The minimum absolute atomic E-state index is 0.00661. The van der Waals surface area contributed by atoms with Gasteiger partial charge in [0.1, 0.15) is 5.82 Å². The first-order valence-corrected chi connectivity index (χ1v) is 10.5. The molecule has 2 aromatic rings. The van der Waals surface area contributed by atoms with Crippen molar-refractivity contribution in [3.05, 3.63) is 71.5 Å². The third-order valence-electron chi connectivity index (χ3n) is 4.23. The highest BCUT2D eigenvalue weighted by Crippen LogP contribution is 2.05. The maximum atomic E-state index is 12.9. The van der Waals surface area contributed by atoms with E-state index in [2.05, 4.69) is 4.72 Å². The van der Waals surface area contributed by atoms with Crippen LogP contribution in [0.2, 0.25) is 0 Å². The lowest BCUT2D eigenvalue weighted by Gasteiger charge is -2.21. The summed E-state index contributed by atoms with van der Waals surface area (Å²) in [6.07, 6.45) is 1.03. The first kappa shape index (κ1) is 21.1. The third-order valence-corrected chi connectivity index (χ3v) is 5.62. The fourth-order valence-corrected chi connectivity index (χ4v) is 3.70. The van der Waals surface area contributed by atoms with Gasteiger partial charge in [-0.25, -0.2) is 17.5 Å². The molecule has 0 radical (unpaired) electrons. The van der Waals surface area contributed by atoms with E-state index < -0.39 is 10.0 Å². The average Bonchev–Trinajstić information content (AvgIpc) is 2.65. The zero-order valence-corrected chi connectivity index (χ0v) is 16.2. The summed E-state index contributed by atoms with van der Waals surface area (Å²) in [5, 5.41) is 0. The molecule has 0 atom stereocenters. The number of nitrogens with zero attached hydrogens (tertiary/aromatic N) is 1. The van der Waals surface area contributed by atoms with Crippen molar-refractivity contribution in [2.45, 2.75) is 19.8 Å². The number of sulfonamides is 1. The number of amides is 1. The van der Waals surface area contributed by atoms with Crippen molar-refractivity contribution in [1.29, 1.82) is 0 Å². The second-order valence-corrected chi connectivity index (χ2v) is 8.26. The Kier molecular flexibility index (Phi) is 7.94. The lowest BCUT2D eigenvalue weighted by Crippen LogP contribution is -2.39. The Morgan fingerprint density at radius 1 is 0.963 bits per heavy atom. The van der Waals surface area contributed by atoms with Gasteiger partial charge in [0, 0.05) is 26.6 Å². The summed E-state index contributed by atoms with van der Waals surface area (Å²) in [6, 6.07) is 15.6. The minimum Gasteiger partial charge on any atom is -0.341 e. The van der Waals surface area contributed by atoms with Crippen molar-refractivity contribution in [3.63, 3.8) is 0 Å². The SMILES string of the molecule is CC(=O)N(CCNS(=O)(=O)CCc1ccccc1)CCc1ccc(F)cc1. The lowest BCUT2D eigenvalue weighted by molar-refractivity contribution is -0.128. The molecular formula is C20H25FN2O3S. The van der Waals surface area contributed by atoms with E-state index in [9.17, 15) is 17.6 Å². The summed E-state index contributed by atoms with van der Waals surface area (Å²) in [6.45, 7) is 2.36. The van der Waals surface area contributed by atoms with Gasteiger partial charge in [0.2, 0.25) is 15.9 Å². The highest BCUT2D eigenvalue weighted by Gasteiger charge is 2.13. The van der Waals surface area contributed by atoms with Crippen LogP contribution in [-0.4, -0.2) is 44.6 Å². The van der Waals surface area contributed by atoms with Crippen molar-refractivity contribution in [2.24, 2.45) is 0 Å². The molecule has 2 rings (SSSR count). The van der Waals surface area contributed by atoms with Gasteiger partial charge in [-0.3, -0.25) is 4.79 Å². The quantitative estimate of drug-likeness (QED) is 0.675. The molecule has 0 heterocycles. The van der Waals surface area contributed by atoms with Crippen LogP contribution in [0.1, 0.15) is 18.1 Å². The number of aryl methyl sites for hydroxylation is 1. The monoisotopic (exact) mass is 392 g/mol. The van der Waals surface area contributed by atoms with Crippen LogP contribution in [0.15, 0.2) is 54.6 Å². The van der Waals surface area contributed by atoms with Crippen LogP contribution >= 0.6 is 0 Å². The van der Waals surface area contributed by atoms with Crippen LogP contribution in [0.4, 0.5) is 4.39 Å². The Hall–Kier alpha value is -2.25. The van der Waals surface area contributed by atoms with Crippen LogP contribution in [0.3, 0.4) is 0 Å². The number of benzene rings is 2. The zero-order chi connectivity index (χ0) is 19.7. The highest BCUT2D eigenvalue weighted by atomic mass is 32.2. The van der Waals surface area contributed by atoms with Gasteiger partial charge in [-0.15, -0.1) is 0 Å². The summed E-state index contributed by atoms with van der Waals surface area (Å²) in [4.78, 5) is 13.4. The van der Waals surface area contributed by atoms with Crippen molar-refractivity contribution >= 4 is 15.9 Å². The number of rotatable bonds is 10. The minimum atomic E-state index is -3.40. The molecule has 0 saturated heterocycles. The van der Waals surface area contributed by atoms with Gasteiger partial charge in [0.05, 0.1) is 5.75 Å². The van der Waals surface area contributed by atoms with Gasteiger partial charge < -0.3 is 4.90 Å². The molecular weight excluding hydrogens is 367 g/mol. The maximum absolute atomic E-state index is 12.9. The average molecular weight is 392 g/mol. The smallest absolute Gasteiger partial charge is 0.219 e. The molecule has 0 aromatic heterocycles. The van der Waals surface area contributed by atoms with Gasteiger partial charge in [-0.05, 0) is 36.1 Å². The third kappa shape index (κ3) is 7.88. The molecule has 1 N–H and O–H groups in total.